The van der Waals surface area contributed by atoms with Gasteiger partial charge in [0, 0.05) is 17.2 Å². The van der Waals surface area contributed by atoms with Gasteiger partial charge in [0.1, 0.15) is 23.4 Å². The number of benzene rings is 3. The maximum absolute atomic E-state index is 15.8. The number of nitrogens with zero attached hydrogens (tertiary/aromatic N) is 1. The molecule has 1 aromatic heterocycles. The van der Waals surface area contributed by atoms with Crippen LogP contribution in [0.25, 0.3) is 11.3 Å². The van der Waals surface area contributed by atoms with Gasteiger partial charge in [0.15, 0.2) is 6.10 Å². The molecule has 0 aliphatic heterocycles. The highest BCUT2D eigenvalue weighted by Gasteiger charge is 2.56. The maximum atomic E-state index is 15.8. The summed E-state index contributed by atoms with van der Waals surface area (Å²) in [6.07, 6.45) is -1.79. The largest absolute Gasteiger partial charge is 0.482 e. The molecule has 3 atom stereocenters. The van der Waals surface area contributed by atoms with Gasteiger partial charge in [-0.1, -0.05) is 55.5 Å². The normalized spacial score (nSPS) is 14.1. The fraction of sp³-hybridized carbons (Fsp3) is 0.273. The highest BCUT2D eigenvalue weighted by Crippen LogP contribution is 2.32. The molecule has 4 aromatic rings. The third-order valence-electron chi connectivity index (χ3n) is 6.82. The Labute approximate surface area is 239 Å². The average Bonchev–Trinajstić information content (AvgIpc) is 3.53. The second kappa shape index (κ2) is 13.2. The van der Waals surface area contributed by atoms with Crippen molar-refractivity contribution in [2.45, 2.75) is 51.1 Å². The topological polar surface area (TPSA) is 89.2 Å². The first-order valence-corrected chi connectivity index (χ1v) is 13.5. The van der Waals surface area contributed by atoms with Crippen LogP contribution in [0.15, 0.2) is 108 Å². The lowest BCUT2D eigenvalue weighted by atomic mass is 9.89. The molecule has 4 rings (SSSR count). The zero-order chi connectivity index (χ0) is 29.4. The van der Waals surface area contributed by atoms with Gasteiger partial charge in [0.25, 0.3) is 11.5 Å². The third-order valence-corrected chi connectivity index (χ3v) is 6.82. The molecule has 0 saturated carbocycles. The molecule has 7 nitrogen and oxygen atoms in total. The summed E-state index contributed by atoms with van der Waals surface area (Å²) in [7, 11) is 0. The van der Waals surface area contributed by atoms with Crippen molar-refractivity contribution in [1.82, 2.24) is 4.90 Å². The quantitative estimate of drug-likeness (QED) is 0.192. The maximum Gasteiger partial charge on any atom is 0.354 e. The Morgan fingerprint density at radius 3 is 2.02 bits per heavy atom. The van der Waals surface area contributed by atoms with E-state index in [1.165, 1.54) is 4.90 Å². The monoisotopic (exact) mass is 559 g/mol. The first kappa shape index (κ1) is 29.4. The number of alkyl halides is 1. The lowest BCUT2D eigenvalue weighted by molar-refractivity contribution is -0.172. The molecule has 1 amide bonds. The summed E-state index contributed by atoms with van der Waals surface area (Å²) in [6.45, 7) is 4.66. The van der Waals surface area contributed by atoms with Crippen molar-refractivity contribution >= 4 is 11.9 Å². The van der Waals surface area contributed by atoms with Crippen molar-refractivity contribution in [3.63, 3.8) is 0 Å². The lowest BCUT2D eigenvalue weighted by Crippen LogP contribution is -2.66. The van der Waals surface area contributed by atoms with Crippen LogP contribution in [0.5, 0.6) is 11.5 Å². The number of carbonyl (C=O) groups is 2. The van der Waals surface area contributed by atoms with Gasteiger partial charge in [-0.25, -0.2) is 9.18 Å². The fourth-order valence-corrected chi connectivity index (χ4v) is 4.56. The lowest BCUT2D eigenvalue weighted by Gasteiger charge is -2.42. The second-order valence-corrected chi connectivity index (χ2v) is 9.97. The molecule has 8 heteroatoms. The molecule has 0 spiro atoms. The van der Waals surface area contributed by atoms with Gasteiger partial charge in [-0.3, -0.25) is 4.79 Å². The van der Waals surface area contributed by atoms with E-state index in [0.717, 1.165) is 5.56 Å². The molecule has 41 heavy (non-hydrogen) atoms. The van der Waals surface area contributed by atoms with E-state index >= 15 is 4.39 Å². The smallest absolute Gasteiger partial charge is 0.354 e. The van der Waals surface area contributed by atoms with Crippen LogP contribution in [-0.2, 0) is 4.79 Å². The molecule has 1 heterocycles. The molecule has 3 unspecified atom stereocenters. The van der Waals surface area contributed by atoms with Crippen LogP contribution in [0.3, 0.4) is 0 Å². The van der Waals surface area contributed by atoms with Crippen molar-refractivity contribution in [3.8, 4) is 22.8 Å². The van der Waals surface area contributed by atoms with E-state index in [-0.39, 0.29) is 17.9 Å². The van der Waals surface area contributed by atoms with Crippen molar-refractivity contribution in [2.24, 2.45) is 0 Å². The highest BCUT2D eigenvalue weighted by atomic mass is 19.1. The van der Waals surface area contributed by atoms with E-state index in [0.29, 0.717) is 11.3 Å². The van der Waals surface area contributed by atoms with Crippen molar-refractivity contribution < 1.29 is 33.0 Å². The first-order valence-electron chi connectivity index (χ1n) is 13.5. The Balaban J connectivity index is 1.77. The molecule has 0 saturated heterocycles. The second-order valence-electron chi connectivity index (χ2n) is 9.97. The van der Waals surface area contributed by atoms with E-state index < -0.39 is 42.3 Å². The number of carboxylic acids is 1. The zero-order valence-electron chi connectivity index (χ0n) is 23.3. The Hall–Kier alpha value is -4.59. The number of ether oxygens (including phenoxy) is 2. The van der Waals surface area contributed by atoms with Gasteiger partial charge in [0.2, 0.25) is 0 Å². The van der Waals surface area contributed by atoms with E-state index in [4.69, 9.17) is 13.9 Å². The molecule has 0 bridgehead atoms. The standard InChI is InChI=1S/C33H34FNO6/c1-4-28(34)30(40-26-12-7-5-8-13-26)33(32(37)38,41-27-14-9-6-10-15-27)22-35(23(2)3)31(36)25-19-17-24(18-20-25)29-16-11-21-39-29/h5-21,23,28,30H,4,22H2,1-3H3,(H,37,38). The number of aliphatic carboxylic acids is 1. The molecular weight excluding hydrogens is 525 g/mol. The number of hydrogen-bond acceptors (Lipinski definition) is 5. The number of hydrogen-bond donors (Lipinski definition) is 1. The highest BCUT2D eigenvalue weighted by molar-refractivity contribution is 5.95. The predicted octanol–water partition coefficient (Wildman–Crippen LogP) is 6.90. The Morgan fingerprint density at radius 1 is 0.902 bits per heavy atom. The van der Waals surface area contributed by atoms with Crippen LogP contribution in [0.4, 0.5) is 4.39 Å². The minimum absolute atomic E-state index is 0.0332. The van der Waals surface area contributed by atoms with E-state index in [1.807, 2.05) is 6.07 Å². The summed E-state index contributed by atoms with van der Waals surface area (Å²) in [6, 6.07) is 26.7. The average molecular weight is 560 g/mol. The minimum Gasteiger partial charge on any atom is -0.482 e. The Kier molecular flexibility index (Phi) is 9.45. The summed E-state index contributed by atoms with van der Waals surface area (Å²) in [4.78, 5) is 28.5. The van der Waals surface area contributed by atoms with Gasteiger partial charge in [0.05, 0.1) is 12.8 Å². The Bertz CT molecular complexity index is 1390. The number of carbonyl (C=O) groups excluding carboxylic acids is 1. The number of para-hydroxylation sites is 2. The van der Waals surface area contributed by atoms with Gasteiger partial charge >= 0.3 is 5.97 Å². The number of amides is 1. The molecule has 0 aliphatic carbocycles. The van der Waals surface area contributed by atoms with Crippen molar-refractivity contribution in [3.05, 3.63) is 109 Å². The molecule has 1 N–H and O–H groups in total. The minimum atomic E-state index is -2.30. The summed E-state index contributed by atoms with van der Waals surface area (Å²) in [5, 5.41) is 10.8. The van der Waals surface area contributed by atoms with E-state index in [9.17, 15) is 14.7 Å². The van der Waals surface area contributed by atoms with Crippen molar-refractivity contribution in [2.75, 3.05) is 6.54 Å². The van der Waals surface area contributed by atoms with Crippen LogP contribution in [-0.4, -0.2) is 52.3 Å². The van der Waals surface area contributed by atoms with Crippen LogP contribution in [0.2, 0.25) is 0 Å². The van der Waals surface area contributed by atoms with E-state index in [1.54, 1.807) is 118 Å². The SMILES string of the molecule is CCC(F)C(Oc1ccccc1)C(CN(C(=O)c1ccc(-c2ccco2)cc1)C(C)C)(Oc1ccccc1)C(=O)O. The number of rotatable bonds is 13. The van der Waals surface area contributed by atoms with Gasteiger partial charge < -0.3 is 23.9 Å². The molecular formula is C33H34FNO6. The molecule has 3 aromatic carbocycles. The predicted molar refractivity (Wildman–Crippen MR) is 154 cm³/mol. The van der Waals surface area contributed by atoms with Gasteiger partial charge in [-0.15, -0.1) is 0 Å². The molecule has 0 fully saturated rings. The third kappa shape index (κ3) is 6.77. The van der Waals surface area contributed by atoms with Crippen LogP contribution in [0.1, 0.15) is 37.6 Å². The molecule has 214 valence electrons. The summed E-state index contributed by atoms with van der Waals surface area (Å²) >= 11 is 0. The van der Waals surface area contributed by atoms with Gasteiger partial charge in [-0.05, 0) is 68.8 Å². The van der Waals surface area contributed by atoms with Crippen LogP contribution in [0, 0.1) is 0 Å². The van der Waals surface area contributed by atoms with Crippen LogP contribution < -0.4 is 9.47 Å². The number of furan rings is 1. The summed E-state index contributed by atoms with van der Waals surface area (Å²) in [5.41, 5.74) is -1.18. The number of carboxylic acid groups (broad SMARTS) is 1. The summed E-state index contributed by atoms with van der Waals surface area (Å²) < 4.78 is 33.5. The van der Waals surface area contributed by atoms with Crippen molar-refractivity contribution in [1.29, 1.82) is 0 Å². The van der Waals surface area contributed by atoms with Gasteiger partial charge in [-0.2, -0.15) is 0 Å². The molecule has 0 aliphatic rings. The van der Waals surface area contributed by atoms with Crippen LogP contribution >= 0.6 is 0 Å². The zero-order valence-corrected chi connectivity index (χ0v) is 23.3. The fourth-order valence-electron chi connectivity index (χ4n) is 4.56. The molecule has 0 radical (unpaired) electrons. The number of halogens is 1. The van der Waals surface area contributed by atoms with E-state index in [2.05, 4.69) is 0 Å². The Morgan fingerprint density at radius 2 is 1.51 bits per heavy atom. The summed E-state index contributed by atoms with van der Waals surface area (Å²) in [5.74, 6) is -0.741. The first-order chi connectivity index (χ1) is 19.7.